The number of ether oxygens (including phenoxy) is 3. The molecule has 0 aliphatic carbocycles. The van der Waals surface area contributed by atoms with Gasteiger partial charge in [0.1, 0.15) is 24.2 Å². The summed E-state index contributed by atoms with van der Waals surface area (Å²) in [6, 6.07) is 28.5. The maximum Gasteiger partial charge on any atom is 0.339 e. The summed E-state index contributed by atoms with van der Waals surface area (Å²) < 4.78 is 31.7. The van der Waals surface area contributed by atoms with Crippen LogP contribution in [0.1, 0.15) is 38.9 Å². The summed E-state index contributed by atoms with van der Waals surface area (Å²) in [5, 5.41) is 9.39. The van der Waals surface area contributed by atoms with Crippen molar-refractivity contribution in [2.24, 2.45) is 0 Å². The van der Waals surface area contributed by atoms with E-state index in [4.69, 9.17) is 14.2 Å². The van der Waals surface area contributed by atoms with E-state index >= 15 is 0 Å². The number of rotatable bonds is 6. The lowest BCUT2D eigenvalue weighted by molar-refractivity contribution is -0.112. The average Bonchev–Trinajstić information content (AvgIpc) is 2.92. The number of nitrogens with zero attached hydrogens (tertiary/aromatic N) is 1. The van der Waals surface area contributed by atoms with E-state index in [-0.39, 0.29) is 13.2 Å². The molecule has 1 atom stereocenters. The van der Waals surface area contributed by atoms with Gasteiger partial charge in [0.25, 0.3) is 0 Å². The minimum Gasteiger partial charge on any atom is -0.460 e. The predicted octanol–water partition coefficient (Wildman–Crippen LogP) is 6.81. The van der Waals surface area contributed by atoms with Crippen LogP contribution >= 0.6 is 11.8 Å². The number of benzene rings is 4. The van der Waals surface area contributed by atoms with Gasteiger partial charge in [0, 0.05) is 26.5 Å². The van der Waals surface area contributed by atoms with E-state index in [9.17, 15) is 14.4 Å². The molecule has 0 fully saturated rings. The first kappa shape index (κ1) is 23.6. The lowest BCUT2D eigenvalue weighted by Crippen LogP contribution is -2.20. The molecule has 178 valence electrons. The standard InChI is InChI=1S/C29H20FNO4S/c30-23-14-21(27-22(15-23)18-34-29(35-27)19-8-2-1-3-9-19)17-33-28(32)24-11-5-7-13-26(24)36-25-12-6-4-10-20(25)16-31/h1-15,29H,17-18H2/t29-/m0/s1. The summed E-state index contributed by atoms with van der Waals surface area (Å²) in [5.74, 6) is -0.568. The van der Waals surface area contributed by atoms with Crippen LogP contribution in [0.2, 0.25) is 0 Å². The summed E-state index contributed by atoms with van der Waals surface area (Å²) in [4.78, 5) is 14.5. The average molecular weight is 498 g/mol. The molecule has 0 saturated heterocycles. The number of carbonyl (C=O) groups is 1. The molecule has 5 rings (SSSR count). The van der Waals surface area contributed by atoms with Gasteiger partial charge in [-0.25, -0.2) is 9.18 Å². The van der Waals surface area contributed by atoms with Gasteiger partial charge >= 0.3 is 5.97 Å². The van der Waals surface area contributed by atoms with Crippen molar-refractivity contribution < 1.29 is 23.4 Å². The van der Waals surface area contributed by atoms with Crippen LogP contribution in [-0.2, 0) is 22.7 Å². The number of esters is 1. The van der Waals surface area contributed by atoms with Crippen molar-refractivity contribution in [3.8, 4) is 11.8 Å². The highest BCUT2D eigenvalue weighted by molar-refractivity contribution is 7.99. The summed E-state index contributed by atoms with van der Waals surface area (Å²) in [7, 11) is 0. The molecule has 5 nitrogen and oxygen atoms in total. The smallest absolute Gasteiger partial charge is 0.339 e. The van der Waals surface area contributed by atoms with Gasteiger partial charge in [-0.2, -0.15) is 5.26 Å². The maximum atomic E-state index is 14.3. The van der Waals surface area contributed by atoms with Crippen molar-refractivity contribution in [3.63, 3.8) is 0 Å². The molecule has 4 aromatic carbocycles. The Morgan fingerprint density at radius 1 is 1.00 bits per heavy atom. The summed E-state index contributed by atoms with van der Waals surface area (Å²) in [6.07, 6.45) is -0.643. The zero-order valence-corrected chi connectivity index (χ0v) is 19.8. The third-order valence-corrected chi connectivity index (χ3v) is 6.74. The highest BCUT2D eigenvalue weighted by Crippen LogP contribution is 2.37. The number of hydrogen-bond donors (Lipinski definition) is 0. The molecule has 0 radical (unpaired) electrons. The molecule has 0 saturated carbocycles. The molecular formula is C29H20FNO4S. The Kier molecular flexibility index (Phi) is 6.99. The monoisotopic (exact) mass is 497 g/mol. The van der Waals surface area contributed by atoms with Gasteiger partial charge in [-0.1, -0.05) is 66.4 Å². The van der Waals surface area contributed by atoms with Gasteiger partial charge in [-0.15, -0.1) is 0 Å². The molecule has 36 heavy (non-hydrogen) atoms. The molecule has 0 amide bonds. The van der Waals surface area contributed by atoms with Gasteiger partial charge in [-0.05, 0) is 36.4 Å². The Hall–Kier alpha value is -4.12. The van der Waals surface area contributed by atoms with Crippen LogP contribution in [-0.4, -0.2) is 5.97 Å². The van der Waals surface area contributed by atoms with Crippen LogP contribution < -0.4 is 4.74 Å². The molecule has 0 spiro atoms. The first-order valence-corrected chi connectivity index (χ1v) is 12.0. The van der Waals surface area contributed by atoms with E-state index in [1.165, 1.54) is 23.9 Å². The van der Waals surface area contributed by atoms with Crippen LogP contribution in [0, 0.1) is 17.1 Å². The quantitative estimate of drug-likeness (QED) is 0.273. The molecule has 0 unspecified atom stereocenters. The Morgan fingerprint density at radius 3 is 2.53 bits per heavy atom. The molecule has 0 aromatic heterocycles. The fourth-order valence-electron chi connectivity index (χ4n) is 3.87. The van der Waals surface area contributed by atoms with Crippen molar-refractivity contribution in [1.29, 1.82) is 5.26 Å². The van der Waals surface area contributed by atoms with Crippen molar-refractivity contribution >= 4 is 17.7 Å². The second kappa shape index (κ2) is 10.6. The van der Waals surface area contributed by atoms with Crippen LogP contribution in [0.3, 0.4) is 0 Å². The molecule has 1 aliphatic rings. The highest BCUT2D eigenvalue weighted by Gasteiger charge is 2.26. The van der Waals surface area contributed by atoms with Gasteiger partial charge in [0.05, 0.1) is 17.7 Å². The number of hydrogen-bond acceptors (Lipinski definition) is 6. The second-order valence-electron chi connectivity index (χ2n) is 8.01. The Labute approximate surface area is 212 Å². The van der Waals surface area contributed by atoms with Crippen LogP contribution in [0.15, 0.2) is 101 Å². The summed E-state index contributed by atoms with van der Waals surface area (Å²) >= 11 is 1.31. The van der Waals surface area contributed by atoms with E-state index in [0.29, 0.717) is 32.9 Å². The molecule has 7 heteroatoms. The van der Waals surface area contributed by atoms with Gasteiger partial charge in [0.2, 0.25) is 6.29 Å². The fourth-order valence-corrected chi connectivity index (χ4v) is 4.89. The maximum absolute atomic E-state index is 14.3. The van der Waals surface area contributed by atoms with Gasteiger partial charge in [-0.3, -0.25) is 0 Å². The zero-order chi connectivity index (χ0) is 24.9. The van der Waals surface area contributed by atoms with Crippen LogP contribution in [0.4, 0.5) is 4.39 Å². The van der Waals surface area contributed by atoms with Gasteiger partial charge < -0.3 is 14.2 Å². The minimum atomic E-state index is -0.643. The predicted molar refractivity (Wildman–Crippen MR) is 132 cm³/mol. The minimum absolute atomic E-state index is 0.172. The van der Waals surface area contributed by atoms with Gasteiger partial charge in [0.15, 0.2) is 0 Å². The van der Waals surface area contributed by atoms with E-state index < -0.39 is 18.1 Å². The second-order valence-corrected chi connectivity index (χ2v) is 9.09. The number of halogens is 1. The first-order chi connectivity index (χ1) is 17.6. The number of fused-ring (bicyclic) bond motifs is 1. The Balaban J connectivity index is 1.36. The molecular weight excluding hydrogens is 477 g/mol. The van der Waals surface area contributed by atoms with Crippen molar-refractivity contribution in [2.75, 3.05) is 0 Å². The summed E-state index contributed by atoms with van der Waals surface area (Å²) in [6.45, 7) is -0.000401. The van der Waals surface area contributed by atoms with E-state index in [2.05, 4.69) is 6.07 Å². The number of nitriles is 1. The van der Waals surface area contributed by atoms with Crippen molar-refractivity contribution in [1.82, 2.24) is 0 Å². The topological polar surface area (TPSA) is 68.6 Å². The molecule has 1 heterocycles. The molecule has 1 aliphatic heterocycles. The lowest BCUT2D eigenvalue weighted by atomic mass is 10.1. The van der Waals surface area contributed by atoms with E-state index in [1.54, 1.807) is 30.3 Å². The highest BCUT2D eigenvalue weighted by atomic mass is 32.2. The van der Waals surface area contributed by atoms with Crippen molar-refractivity contribution in [2.45, 2.75) is 29.3 Å². The fraction of sp³-hybridized carbons (Fsp3) is 0.103. The van der Waals surface area contributed by atoms with Crippen LogP contribution in [0.25, 0.3) is 0 Å². The van der Waals surface area contributed by atoms with E-state index in [1.807, 2.05) is 48.5 Å². The van der Waals surface area contributed by atoms with Crippen LogP contribution in [0.5, 0.6) is 5.75 Å². The zero-order valence-electron chi connectivity index (χ0n) is 19.0. The Bertz CT molecular complexity index is 1450. The third-order valence-electron chi connectivity index (χ3n) is 5.59. The van der Waals surface area contributed by atoms with E-state index in [0.717, 1.165) is 10.5 Å². The molecule has 0 bridgehead atoms. The lowest BCUT2D eigenvalue weighted by Gasteiger charge is -2.28. The normalized spacial score (nSPS) is 14.3. The largest absolute Gasteiger partial charge is 0.460 e. The Morgan fingerprint density at radius 2 is 1.72 bits per heavy atom. The first-order valence-electron chi connectivity index (χ1n) is 11.2. The molecule has 4 aromatic rings. The number of carbonyl (C=O) groups excluding carboxylic acids is 1. The molecule has 0 N–H and O–H groups in total. The third kappa shape index (κ3) is 5.10. The SMILES string of the molecule is N#Cc1ccccc1Sc1ccccc1C(=O)OCc1cc(F)cc2c1O[C@@H](c1ccccc1)OC2. The summed E-state index contributed by atoms with van der Waals surface area (Å²) in [5.41, 5.74) is 2.68. The van der Waals surface area contributed by atoms with Crippen molar-refractivity contribution in [3.05, 3.63) is 125 Å².